The molecular formula is C18H21NS2. The third-order valence-electron chi connectivity index (χ3n) is 3.83. The van der Waals surface area contributed by atoms with E-state index in [1.165, 1.54) is 39.8 Å². The fourth-order valence-corrected chi connectivity index (χ4v) is 4.56. The van der Waals surface area contributed by atoms with Gasteiger partial charge in [-0.3, -0.25) is 0 Å². The number of nitrogens with one attached hydrogen (secondary N) is 1. The maximum Gasteiger partial charge on any atom is 0.0390 e. The average molecular weight is 316 g/mol. The van der Waals surface area contributed by atoms with Gasteiger partial charge < -0.3 is 5.32 Å². The minimum absolute atomic E-state index is 0.470. The highest BCUT2D eigenvalue weighted by atomic mass is 32.1. The predicted molar refractivity (Wildman–Crippen MR) is 95.5 cm³/mol. The summed E-state index contributed by atoms with van der Waals surface area (Å²) >= 11 is 3.73. The van der Waals surface area contributed by atoms with Crippen LogP contribution in [0.2, 0.25) is 0 Å². The molecule has 0 aliphatic rings. The number of benzene rings is 1. The molecule has 3 aromatic rings. The summed E-state index contributed by atoms with van der Waals surface area (Å²) in [7, 11) is 0. The van der Waals surface area contributed by atoms with Crippen LogP contribution >= 0.6 is 22.7 Å². The molecule has 0 aliphatic carbocycles. The minimum atomic E-state index is 0.470. The number of rotatable bonds is 7. The number of hydrogen-bond acceptors (Lipinski definition) is 3. The molecule has 3 rings (SSSR count). The lowest BCUT2D eigenvalue weighted by atomic mass is 9.99. The Morgan fingerprint density at radius 3 is 2.81 bits per heavy atom. The van der Waals surface area contributed by atoms with Crippen LogP contribution in [-0.2, 0) is 6.42 Å². The molecule has 1 nitrogen and oxygen atoms in total. The van der Waals surface area contributed by atoms with Crippen LogP contribution in [0.4, 0.5) is 0 Å². The summed E-state index contributed by atoms with van der Waals surface area (Å²) in [4.78, 5) is 1.50. The average Bonchev–Trinajstić information content (AvgIpc) is 3.17. The Hall–Kier alpha value is -1.16. The molecule has 1 unspecified atom stereocenters. The smallest absolute Gasteiger partial charge is 0.0390 e. The molecular weight excluding hydrogens is 294 g/mol. The number of aryl methyl sites for hydroxylation is 1. The van der Waals surface area contributed by atoms with Gasteiger partial charge in [-0.15, -0.1) is 22.7 Å². The van der Waals surface area contributed by atoms with E-state index >= 15 is 0 Å². The van der Waals surface area contributed by atoms with Crippen LogP contribution in [0.15, 0.2) is 47.2 Å². The summed E-state index contributed by atoms with van der Waals surface area (Å²) in [5.41, 5.74) is 1.47. The third kappa shape index (κ3) is 3.54. The summed E-state index contributed by atoms with van der Waals surface area (Å²) in [5.74, 6) is 0. The Labute approximate surface area is 134 Å². The molecule has 1 N–H and O–H groups in total. The normalized spacial score (nSPS) is 12.8. The first kappa shape index (κ1) is 14.8. The first-order valence-corrected chi connectivity index (χ1v) is 9.36. The van der Waals surface area contributed by atoms with Crippen molar-refractivity contribution in [1.82, 2.24) is 5.32 Å². The predicted octanol–water partition coefficient (Wildman–Crippen LogP) is 5.64. The fourth-order valence-electron chi connectivity index (χ4n) is 2.84. The number of fused-ring (bicyclic) bond motifs is 1. The zero-order valence-corrected chi connectivity index (χ0v) is 14.0. The van der Waals surface area contributed by atoms with Crippen LogP contribution in [0.5, 0.6) is 0 Å². The molecule has 0 fully saturated rings. The van der Waals surface area contributed by atoms with Crippen molar-refractivity contribution in [3.8, 4) is 0 Å². The zero-order chi connectivity index (χ0) is 14.5. The van der Waals surface area contributed by atoms with E-state index in [0.717, 1.165) is 6.54 Å². The Kier molecular flexibility index (Phi) is 5.07. The van der Waals surface area contributed by atoms with E-state index in [2.05, 4.69) is 59.4 Å². The fraction of sp³-hybridized carbons (Fsp3) is 0.333. The lowest BCUT2D eigenvalue weighted by Gasteiger charge is -2.19. The van der Waals surface area contributed by atoms with E-state index in [0.29, 0.717) is 6.04 Å². The van der Waals surface area contributed by atoms with Crippen molar-refractivity contribution in [2.45, 2.75) is 32.2 Å². The molecule has 2 heterocycles. The van der Waals surface area contributed by atoms with Gasteiger partial charge in [-0.2, -0.15) is 0 Å². The maximum absolute atomic E-state index is 3.67. The first-order chi connectivity index (χ1) is 10.4. The quantitative estimate of drug-likeness (QED) is 0.595. The van der Waals surface area contributed by atoms with E-state index in [-0.39, 0.29) is 0 Å². The second-order valence-electron chi connectivity index (χ2n) is 5.27. The topological polar surface area (TPSA) is 12.0 Å². The van der Waals surface area contributed by atoms with E-state index in [9.17, 15) is 0 Å². The van der Waals surface area contributed by atoms with Gasteiger partial charge in [0.05, 0.1) is 0 Å². The Balaban J connectivity index is 1.73. The first-order valence-electron chi connectivity index (χ1n) is 7.60. The van der Waals surface area contributed by atoms with Gasteiger partial charge in [-0.25, -0.2) is 0 Å². The summed E-state index contributed by atoms with van der Waals surface area (Å²) in [6.45, 7) is 3.21. The van der Waals surface area contributed by atoms with Gasteiger partial charge in [-0.1, -0.05) is 31.2 Å². The van der Waals surface area contributed by atoms with Gasteiger partial charge in [0.2, 0.25) is 0 Å². The molecule has 1 aromatic carbocycles. The highest BCUT2D eigenvalue weighted by Gasteiger charge is 2.14. The van der Waals surface area contributed by atoms with E-state index < -0.39 is 0 Å². The van der Waals surface area contributed by atoms with Gasteiger partial charge in [0.25, 0.3) is 0 Å². The molecule has 2 aromatic heterocycles. The van der Waals surface area contributed by atoms with Crippen molar-refractivity contribution in [1.29, 1.82) is 0 Å². The SMILES string of the molecule is CCNC(CCCc1cccs1)c1cccc2ccsc12. The summed E-state index contributed by atoms with van der Waals surface area (Å²) < 4.78 is 1.44. The van der Waals surface area contributed by atoms with Crippen molar-refractivity contribution in [3.63, 3.8) is 0 Å². The monoisotopic (exact) mass is 315 g/mol. The highest BCUT2D eigenvalue weighted by Crippen LogP contribution is 2.31. The van der Waals surface area contributed by atoms with Gasteiger partial charge in [-0.05, 0) is 59.6 Å². The Bertz CT molecular complexity index is 669. The summed E-state index contributed by atoms with van der Waals surface area (Å²) in [5, 5.41) is 9.41. The molecule has 0 bridgehead atoms. The molecule has 0 radical (unpaired) electrons. The lowest BCUT2D eigenvalue weighted by molar-refractivity contribution is 0.502. The van der Waals surface area contributed by atoms with Crippen molar-refractivity contribution < 1.29 is 0 Å². The molecule has 0 aliphatic heterocycles. The Morgan fingerprint density at radius 1 is 1.05 bits per heavy atom. The number of thiophene rings is 2. The molecule has 0 spiro atoms. The van der Waals surface area contributed by atoms with Crippen molar-refractivity contribution in [2.24, 2.45) is 0 Å². The van der Waals surface area contributed by atoms with Crippen LogP contribution in [-0.4, -0.2) is 6.54 Å². The second-order valence-corrected chi connectivity index (χ2v) is 7.22. The molecule has 1 atom stereocenters. The van der Waals surface area contributed by atoms with Gasteiger partial charge >= 0.3 is 0 Å². The van der Waals surface area contributed by atoms with Gasteiger partial charge in [0, 0.05) is 15.6 Å². The second kappa shape index (κ2) is 7.21. The van der Waals surface area contributed by atoms with Crippen LogP contribution in [0.25, 0.3) is 10.1 Å². The van der Waals surface area contributed by atoms with Crippen molar-refractivity contribution >= 4 is 32.8 Å². The standard InChI is InChI=1S/C18H21NS2/c1-2-19-17(10-4-7-15-8-5-12-20-15)16-9-3-6-14-11-13-21-18(14)16/h3,5-6,8-9,11-13,17,19H,2,4,7,10H2,1H3. The zero-order valence-electron chi connectivity index (χ0n) is 12.3. The summed E-state index contributed by atoms with van der Waals surface area (Å²) in [6, 6.07) is 13.8. The lowest BCUT2D eigenvalue weighted by Crippen LogP contribution is -2.21. The summed E-state index contributed by atoms with van der Waals surface area (Å²) in [6.07, 6.45) is 3.63. The molecule has 21 heavy (non-hydrogen) atoms. The highest BCUT2D eigenvalue weighted by molar-refractivity contribution is 7.17. The van der Waals surface area contributed by atoms with Crippen LogP contribution in [0, 0.1) is 0 Å². The Morgan fingerprint density at radius 2 is 2.00 bits per heavy atom. The maximum atomic E-state index is 3.67. The van der Waals surface area contributed by atoms with Crippen molar-refractivity contribution in [2.75, 3.05) is 6.54 Å². The molecule has 0 saturated heterocycles. The molecule has 0 saturated carbocycles. The van der Waals surface area contributed by atoms with Crippen LogP contribution < -0.4 is 5.32 Å². The third-order valence-corrected chi connectivity index (χ3v) is 5.75. The van der Waals surface area contributed by atoms with E-state index in [1.54, 1.807) is 0 Å². The molecule has 110 valence electrons. The van der Waals surface area contributed by atoms with Crippen LogP contribution in [0.3, 0.4) is 0 Å². The van der Waals surface area contributed by atoms with Gasteiger partial charge in [0.15, 0.2) is 0 Å². The van der Waals surface area contributed by atoms with Crippen LogP contribution in [0.1, 0.15) is 36.2 Å². The van der Waals surface area contributed by atoms with Crippen molar-refractivity contribution in [3.05, 3.63) is 57.6 Å². The number of hydrogen-bond donors (Lipinski definition) is 1. The molecule has 3 heteroatoms. The molecule has 0 amide bonds. The van der Waals surface area contributed by atoms with Gasteiger partial charge in [0.1, 0.15) is 0 Å². The minimum Gasteiger partial charge on any atom is -0.310 e. The largest absolute Gasteiger partial charge is 0.310 e. The van der Waals surface area contributed by atoms with E-state index in [1.807, 2.05) is 22.7 Å². The van der Waals surface area contributed by atoms with E-state index in [4.69, 9.17) is 0 Å².